The first kappa shape index (κ1) is 16.4. The van der Waals surface area contributed by atoms with E-state index in [1.165, 1.54) is 0 Å². The van der Waals surface area contributed by atoms with Crippen LogP contribution in [-0.2, 0) is 0 Å². The average Bonchev–Trinajstić information content (AvgIpc) is 3.17. The second kappa shape index (κ2) is 6.46. The van der Waals surface area contributed by atoms with Crippen molar-refractivity contribution in [1.82, 2.24) is 25.2 Å². The lowest BCUT2D eigenvalue weighted by atomic mass is 9.98. The summed E-state index contributed by atoms with van der Waals surface area (Å²) >= 11 is 0. The molecule has 6 heteroatoms. The summed E-state index contributed by atoms with van der Waals surface area (Å²) in [5.74, 6) is 1.45. The molecule has 0 radical (unpaired) electrons. The van der Waals surface area contributed by atoms with E-state index in [-0.39, 0.29) is 5.91 Å². The minimum Gasteiger partial charge on any atom is -0.349 e. The molecule has 0 spiro atoms. The quantitative estimate of drug-likeness (QED) is 0.749. The monoisotopic (exact) mass is 361 g/mol. The van der Waals surface area contributed by atoms with Gasteiger partial charge in [0.15, 0.2) is 5.65 Å². The van der Waals surface area contributed by atoms with Crippen LogP contribution in [0.2, 0.25) is 0 Å². The molecule has 1 aromatic carbocycles. The summed E-state index contributed by atoms with van der Waals surface area (Å²) in [5.41, 5.74) is 4.82. The Kier molecular flexibility index (Phi) is 3.93. The molecule has 1 atom stereocenters. The standard InChI is InChI=1S/C21H23N5O/c1-13-2-3-15(21(27)23-17-4-5-17)10-18(13)14-7-9-26-19(11-14)24-25-20(26)16-6-8-22-12-16/h2-3,7,9-11,16-17,22H,4-6,8,12H2,1H3,(H,23,27). The average molecular weight is 361 g/mol. The highest BCUT2D eigenvalue weighted by Gasteiger charge is 2.24. The van der Waals surface area contributed by atoms with Crippen molar-refractivity contribution in [3.05, 3.63) is 53.5 Å². The molecule has 2 fully saturated rings. The number of hydrogen-bond acceptors (Lipinski definition) is 4. The molecule has 2 N–H and O–H groups in total. The zero-order valence-corrected chi connectivity index (χ0v) is 15.4. The van der Waals surface area contributed by atoms with E-state index in [2.05, 4.69) is 50.5 Å². The Hall–Kier alpha value is -2.73. The van der Waals surface area contributed by atoms with Gasteiger partial charge in [-0.2, -0.15) is 0 Å². The molecular weight excluding hydrogens is 338 g/mol. The van der Waals surface area contributed by atoms with Crippen molar-refractivity contribution in [2.45, 2.75) is 38.1 Å². The van der Waals surface area contributed by atoms with E-state index in [1.54, 1.807) is 0 Å². The van der Waals surface area contributed by atoms with Crippen LogP contribution in [0.15, 0.2) is 36.5 Å². The fourth-order valence-electron chi connectivity index (χ4n) is 3.80. The van der Waals surface area contributed by atoms with E-state index in [9.17, 15) is 4.79 Å². The van der Waals surface area contributed by atoms with Crippen molar-refractivity contribution in [2.24, 2.45) is 0 Å². The van der Waals surface area contributed by atoms with Crippen molar-refractivity contribution < 1.29 is 4.79 Å². The Morgan fingerprint density at radius 2 is 2.07 bits per heavy atom. The first-order valence-electron chi connectivity index (χ1n) is 9.66. The summed E-state index contributed by atoms with van der Waals surface area (Å²) in [7, 11) is 0. The SMILES string of the molecule is Cc1ccc(C(=O)NC2CC2)cc1-c1ccn2c(C3CCNC3)nnc2c1. The third-order valence-corrected chi connectivity index (χ3v) is 5.59. The van der Waals surface area contributed by atoms with Crippen LogP contribution in [0.1, 0.15) is 46.9 Å². The maximum Gasteiger partial charge on any atom is 0.251 e. The Morgan fingerprint density at radius 3 is 2.85 bits per heavy atom. The number of amides is 1. The minimum absolute atomic E-state index is 0.0123. The number of hydrogen-bond donors (Lipinski definition) is 2. The number of pyridine rings is 1. The fraction of sp³-hybridized carbons (Fsp3) is 0.381. The lowest BCUT2D eigenvalue weighted by molar-refractivity contribution is 0.0951. The molecule has 138 valence electrons. The van der Waals surface area contributed by atoms with Crippen LogP contribution in [-0.4, -0.2) is 39.6 Å². The minimum atomic E-state index is 0.0123. The van der Waals surface area contributed by atoms with Gasteiger partial charge in [-0.3, -0.25) is 9.20 Å². The van der Waals surface area contributed by atoms with Crippen LogP contribution in [0.5, 0.6) is 0 Å². The summed E-state index contributed by atoms with van der Waals surface area (Å²) in [5, 5.41) is 15.3. The molecule has 5 rings (SSSR count). The second-order valence-electron chi connectivity index (χ2n) is 7.67. The second-order valence-corrected chi connectivity index (χ2v) is 7.67. The summed E-state index contributed by atoms with van der Waals surface area (Å²) in [4.78, 5) is 12.4. The molecule has 2 aromatic heterocycles. The largest absolute Gasteiger partial charge is 0.349 e. The highest BCUT2D eigenvalue weighted by molar-refractivity contribution is 5.96. The first-order chi connectivity index (χ1) is 13.2. The lowest BCUT2D eigenvalue weighted by Crippen LogP contribution is -2.25. The van der Waals surface area contributed by atoms with E-state index in [4.69, 9.17) is 0 Å². The van der Waals surface area contributed by atoms with Crippen LogP contribution in [0.3, 0.4) is 0 Å². The molecule has 1 aliphatic heterocycles. The van der Waals surface area contributed by atoms with Crippen molar-refractivity contribution in [3.8, 4) is 11.1 Å². The maximum absolute atomic E-state index is 12.4. The maximum atomic E-state index is 12.4. The molecule has 1 saturated heterocycles. The summed E-state index contributed by atoms with van der Waals surface area (Å²) < 4.78 is 2.08. The number of carbonyl (C=O) groups is 1. The molecule has 1 aliphatic carbocycles. The van der Waals surface area contributed by atoms with Crippen LogP contribution in [0, 0.1) is 6.92 Å². The number of nitrogens with one attached hydrogen (secondary N) is 2. The van der Waals surface area contributed by atoms with Gasteiger partial charge in [0, 0.05) is 30.3 Å². The van der Waals surface area contributed by atoms with Gasteiger partial charge in [0.2, 0.25) is 0 Å². The molecule has 1 unspecified atom stereocenters. The van der Waals surface area contributed by atoms with Crippen molar-refractivity contribution in [1.29, 1.82) is 0 Å². The Balaban J connectivity index is 1.50. The smallest absolute Gasteiger partial charge is 0.251 e. The predicted octanol–water partition coefficient (Wildman–Crippen LogP) is 2.67. The molecule has 1 saturated carbocycles. The highest BCUT2D eigenvalue weighted by Crippen LogP contribution is 2.28. The number of carbonyl (C=O) groups excluding carboxylic acids is 1. The zero-order valence-electron chi connectivity index (χ0n) is 15.4. The Bertz CT molecular complexity index is 1010. The van der Waals surface area contributed by atoms with Gasteiger partial charge in [-0.1, -0.05) is 6.07 Å². The van der Waals surface area contributed by atoms with Gasteiger partial charge in [0.05, 0.1) is 0 Å². The molecule has 27 heavy (non-hydrogen) atoms. The number of benzene rings is 1. The summed E-state index contributed by atoms with van der Waals surface area (Å²) in [6.07, 6.45) is 5.33. The topological polar surface area (TPSA) is 71.3 Å². The van der Waals surface area contributed by atoms with Gasteiger partial charge in [-0.15, -0.1) is 10.2 Å². The lowest BCUT2D eigenvalue weighted by Gasteiger charge is -2.11. The number of rotatable bonds is 4. The summed E-state index contributed by atoms with van der Waals surface area (Å²) in [6.45, 7) is 4.06. The Labute approximate surface area is 158 Å². The van der Waals surface area contributed by atoms with E-state index in [0.717, 1.165) is 60.5 Å². The number of fused-ring (bicyclic) bond motifs is 1. The summed E-state index contributed by atoms with van der Waals surface area (Å²) in [6, 6.07) is 10.4. The number of aryl methyl sites for hydroxylation is 1. The van der Waals surface area contributed by atoms with Gasteiger partial charge >= 0.3 is 0 Å². The zero-order chi connectivity index (χ0) is 18.4. The van der Waals surface area contributed by atoms with E-state index < -0.39 is 0 Å². The normalized spacial score (nSPS) is 19.5. The predicted molar refractivity (Wildman–Crippen MR) is 104 cm³/mol. The van der Waals surface area contributed by atoms with E-state index in [1.807, 2.05) is 18.2 Å². The number of nitrogens with zero attached hydrogens (tertiary/aromatic N) is 3. The molecule has 2 aliphatic rings. The highest BCUT2D eigenvalue weighted by atomic mass is 16.1. The molecular formula is C21H23N5O. The molecule has 0 bridgehead atoms. The van der Waals surface area contributed by atoms with Crippen LogP contribution >= 0.6 is 0 Å². The van der Waals surface area contributed by atoms with Gasteiger partial charge in [0.1, 0.15) is 5.82 Å². The van der Waals surface area contributed by atoms with E-state index in [0.29, 0.717) is 17.5 Å². The number of aromatic nitrogens is 3. The third-order valence-electron chi connectivity index (χ3n) is 5.59. The fourth-order valence-corrected chi connectivity index (χ4v) is 3.80. The Morgan fingerprint density at radius 1 is 1.19 bits per heavy atom. The molecule has 6 nitrogen and oxygen atoms in total. The van der Waals surface area contributed by atoms with Gasteiger partial charge in [-0.25, -0.2) is 0 Å². The van der Waals surface area contributed by atoms with Crippen molar-refractivity contribution in [3.63, 3.8) is 0 Å². The van der Waals surface area contributed by atoms with Gasteiger partial charge in [-0.05, 0) is 73.7 Å². The van der Waals surface area contributed by atoms with Crippen LogP contribution in [0.4, 0.5) is 0 Å². The van der Waals surface area contributed by atoms with Crippen molar-refractivity contribution in [2.75, 3.05) is 13.1 Å². The van der Waals surface area contributed by atoms with Crippen LogP contribution < -0.4 is 10.6 Å². The molecule has 3 aromatic rings. The molecule has 1 amide bonds. The first-order valence-corrected chi connectivity index (χ1v) is 9.66. The van der Waals surface area contributed by atoms with Gasteiger partial charge in [0.25, 0.3) is 5.91 Å². The molecule has 3 heterocycles. The van der Waals surface area contributed by atoms with E-state index >= 15 is 0 Å². The third kappa shape index (κ3) is 3.10. The van der Waals surface area contributed by atoms with Gasteiger partial charge < -0.3 is 10.6 Å². The van der Waals surface area contributed by atoms with Crippen LogP contribution in [0.25, 0.3) is 16.8 Å². The van der Waals surface area contributed by atoms with Crippen molar-refractivity contribution >= 4 is 11.6 Å².